The summed E-state index contributed by atoms with van der Waals surface area (Å²) < 4.78 is 5.20. The first-order valence-corrected chi connectivity index (χ1v) is 9.53. The molecule has 0 aliphatic carbocycles. The molecule has 2 atom stereocenters. The Hall–Kier alpha value is -2.74. The summed E-state index contributed by atoms with van der Waals surface area (Å²) in [5, 5.41) is 7.08. The molecule has 0 aliphatic rings. The first-order valence-electron chi connectivity index (χ1n) is 8.65. The van der Waals surface area contributed by atoms with Crippen LogP contribution in [-0.4, -0.2) is 28.9 Å². The van der Waals surface area contributed by atoms with Gasteiger partial charge in [0.1, 0.15) is 0 Å². The van der Waals surface area contributed by atoms with E-state index in [2.05, 4.69) is 29.5 Å². The maximum absolute atomic E-state index is 12.4. The van der Waals surface area contributed by atoms with E-state index in [0.717, 1.165) is 23.3 Å². The first kappa shape index (κ1) is 20.6. The van der Waals surface area contributed by atoms with Crippen LogP contribution in [0.5, 0.6) is 0 Å². The predicted octanol–water partition coefficient (Wildman–Crippen LogP) is 3.80. The SMILES string of the molecule is CCC(C)c1ccccc1NC(=O)C(C)OC(=O)c1csc(NC(C)=O)n1. The Morgan fingerprint density at radius 2 is 1.89 bits per heavy atom. The largest absolute Gasteiger partial charge is 0.448 e. The molecule has 1 aromatic carbocycles. The van der Waals surface area contributed by atoms with Crippen LogP contribution in [0.1, 0.15) is 56.1 Å². The lowest BCUT2D eigenvalue weighted by atomic mass is 9.97. The molecule has 2 N–H and O–H groups in total. The highest BCUT2D eigenvalue weighted by atomic mass is 32.1. The van der Waals surface area contributed by atoms with E-state index in [1.54, 1.807) is 0 Å². The normalized spacial score (nSPS) is 12.7. The molecular weight excluding hydrogens is 366 g/mol. The average Bonchev–Trinajstić information content (AvgIpc) is 3.09. The van der Waals surface area contributed by atoms with Crippen LogP contribution in [0.2, 0.25) is 0 Å². The van der Waals surface area contributed by atoms with Gasteiger partial charge in [-0.15, -0.1) is 11.3 Å². The molecule has 2 unspecified atom stereocenters. The molecule has 8 heteroatoms. The summed E-state index contributed by atoms with van der Waals surface area (Å²) in [6.07, 6.45) is -0.0499. The Morgan fingerprint density at radius 3 is 2.56 bits per heavy atom. The molecule has 2 aromatic rings. The summed E-state index contributed by atoms with van der Waals surface area (Å²) in [6, 6.07) is 7.57. The smallest absolute Gasteiger partial charge is 0.358 e. The highest BCUT2D eigenvalue weighted by molar-refractivity contribution is 7.14. The molecule has 27 heavy (non-hydrogen) atoms. The number of thiazole rings is 1. The van der Waals surface area contributed by atoms with Crippen molar-refractivity contribution in [3.63, 3.8) is 0 Å². The number of hydrogen-bond donors (Lipinski definition) is 2. The number of nitrogens with zero attached hydrogens (tertiary/aromatic N) is 1. The maximum Gasteiger partial charge on any atom is 0.358 e. The molecule has 0 fully saturated rings. The van der Waals surface area contributed by atoms with Gasteiger partial charge in [0.25, 0.3) is 5.91 Å². The number of benzene rings is 1. The molecule has 0 bridgehead atoms. The van der Waals surface area contributed by atoms with Gasteiger partial charge in [0.05, 0.1) is 0 Å². The highest BCUT2D eigenvalue weighted by Gasteiger charge is 2.22. The van der Waals surface area contributed by atoms with Gasteiger partial charge in [-0.05, 0) is 30.9 Å². The molecular formula is C19H23N3O4S. The standard InChI is InChI=1S/C19H23N3O4S/c1-5-11(2)14-8-6-7-9-15(14)21-17(24)12(3)26-18(25)16-10-27-19(22-16)20-13(4)23/h6-12H,5H2,1-4H3,(H,21,24)(H,20,22,23). The average molecular weight is 389 g/mol. The lowest BCUT2D eigenvalue weighted by Crippen LogP contribution is -2.30. The fourth-order valence-corrected chi connectivity index (χ4v) is 3.07. The second-order valence-electron chi connectivity index (χ2n) is 6.15. The van der Waals surface area contributed by atoms with Gasteiger partial charge in [0.2, 0.25) is 5.91 Å². The fourth-order valence-electron chi connectivity index (χ4n) is 2.34. The van der Waals surface area contributed by atoms with E-state index in [9.17, 15) is 14.4 Å². The van der Waals surface area contributed by atoms with Crippen LogP contribution >= 0.6 is 11.3 Å². The zero-order valence-corrected chi connectivity index (χ0v) is 16.6. The van der Waals surface area contributed by atoms with E-state index in [-0.39, 0.29) is 11.6 Å². The third kappa shape index (κ3) is 5.62. The van der Waals surface area contributed by atoms with Crippen LogP contribution in [0.4, 0.5) is 10.8 Å². The number of aromatic nitrogens is 1. The van der Waals surface area contributed by atoms with Gasteiger partial charge < -0.3 is 15.4 Å². The number of carbonyl (C=O) groups excluding carboxylic acids is 3. The summed E-state index contributed by atoms with van der Waals surface area (Å²) in [7, 11) is 0. The lowest BCUT2D eigenvalue weighted by Gasteiger charge is -2.18. The van der Waals surface area contributed by atoms with E-state index in [0.29, 0.717) is 16.7 Å². The van der Waals surface area contributed by atoms with Crippen molar-refractivity contribution in [1.82, 2.24) is 4.98 Å². The van der Waals surface area contributed by atoms with E-state index >= 15 is 0 Å². The number of rotatable bonds is 7. The zero-order valence-electron chi connectivity index (χ0n) is 15.7. The van der Waals surface area contributed by atoms with Crippen molar-refractivity contribution in [1.29, 1.82) is 0 Å². The Labute approximate surface area is 162 Å². The first-order chi connectivity index (χ1) is 12.8. The summed E-state index contributed by atoms with van der Waals surface area (Å²) >= 11 is 1.11. The second kappa shape index (κ2) is 9.27. The number of amides is 2. The minimum atomic E-state index is -0.992. The molecule has 0 spiro atoms. The monoisotopic (exact) mass is 389 g/mol. The molecule has 0 saturated heterocycles. The number of anilines is 2. The number of carbonyl (C=O) groups is 3. The van der Waals surface area contributed by atoms with Gasteiger partial charge in [0.15, 0.2) is 16.9 Å². The Balaban J connectivity index is 2.00. The van der Waals surface area contributed by atoms with E-state index in [4.69, 9.17) is 4.74 Å². The number of nitrogens with one attached hydrogen (secondary N) is 2. The van der Waals surface area contributed by atoms with Crippen LogP contribution in [0.25, 0.3) is 0 Å². The molecule has 1 aromatic heterocycles. The van der Waals surface area contributed by atoms with Crippen LogP contribution in [-0.2, 0) is 14.3 Å². The summed E-state index contributed by atoms with van der Waals surface area (Å²) in [6.45, 7) is 7.02. The van der Waals surface area contributed by atoms with Crippen molar-refractivity contribution >= 4 is 39.9 Å². The van der Waals surface area contributed by atoms with Crippen molar-refractivity contribution < 1.29 is 19.1 Å². The van der Waals surface area contributed by atoms with E-state index < -0.39 is 18.0 Å². The number of esters is 1. The van der Waals surface area contributed by atoms with Gasteiger partial charge in [-0.2, -0.15) is 0 Å². The van der Waals surface area contributed by atoms with Gasteiger partial charge in [-0.25, -0.2) is 9.78 Å². The molecule has 0 aliphatic heterocycles. The van der Waals surface area contributed by atoms with Crippen LogP contribution in [0.15, 0.2) is 29.6 Å². The summed E-state index contributed by atoms with van der Waals surface area (Å²) in [5.41, 5.74) is 1.79. The summed E-state index contributed by atoms with van der Waals surface area (Å²) in [5.74, 6) is -1.13. The summed E-state index contributed by atoms with van der Waals surface area (Å²) in [4.78, 5) is 39.6. The van der Waals surface area contributed by atoms with Crippen molar-refractivity contribution in [2.24, 2.45) is 0 Å². The molecule has 2 rings (SSSR count). The van der Waals surface area contributed by atoms with Crippen LogP contribution in [0.3, 0.4) is 0 Å². The number of ether oxygens (including phenoxy) is 1. The zero-order chi connectivity index (χ0) is 20.0. The minimum absolute atomic E-state index is 0.0448. The molecule has 144 valence electrons. The van der Waals surface area contributed by atoms with E-state index in [1.165, 1.54) is 19.2 Å². The van der Waals surface area contributed by atoms with Crippen molar-refractivity contribution in [2.45, 2.75) is 46.1 Å². The van der Waals surface area contributed by atoms with Crippen molar-refractivity contribution in [3.8, 4) is 0 Å². The molecule has 1 heterocycles. The number of para-hydroxylation sites is 1. The molecule has 7 nitrogen and oxygen atoms in total. The predicted molar refractivity (Wildman–Crippen MR) is 105 cm³/mol. The van der Waals surface area contributed by atoms with Gasteiger partial charge in [0, 0.05) is 18.0 Å². The quantitative estimate of drug-likeness (QED) is 0.702. The number of hydrogen-bond acceptors (Lipinski definition) is 6. The van der Waals surface area contributed by atoms with Gasteiger partial charge in [-0.1, -0.05) is 32.0 Å². The molecule has 0 saturated carbocycles. The van der Waals surface area contributed by atoms with Crippen LogP contribution in [0, 0.1) is 0 Å². The van der Waals surface area contributed by atoms with Crippen molar-refractivity contribution in [2.75, 3.05) is 10.6 Å². The topological polar surface area (TPSA) is 97.4 Å². The minimum Gasteiger partial charge on any atom is -0.448 e. The van der Waals surface area contributed by atoms with Crippen molar-refractivity contribution in [3.05, 3.63) is 40.9 Å². The van der Waals surface area contributed by atoms with E-state index in [1.807, 2.05) is 24.3 Å². The fraction of sp³-hybridized carbons (Fsp3) is 0.368. The lowest BCUT2D eigenvalue weighted by molar-refractivity contribution is -0.123. The third-order valence-corrected chi connectivity index (χ3v) is 4.77. The maximum atomic E-state index is 12.4. The Bertz CT molecular complexity index is 834. The van der Waals surface area contributed by atoms with Crippen LogP contribution < -0.4 is 10.6 Å². The molecule has 2 amide bonds. The highest BCUT2D eigenvalue weighted by Crippen LogP contribution is 2.26. The van der Waals surface area contributed by atoms with Gasteiger partial charge >= 0.3 is 5.97 Å². The molecule has 0 radical (unpaired) electrons. The Kier molecular flexibility index (Phi) is 7.06. The van der Waals surface area contributed by atoms with Gasteiger partial charge in [-0.3, -0.25) is 9.59 Å². The second-order valence-corrected chi connectivity index (χ2v) is 7.01. The Morgan fingerprint density at radius 1 is 1.19 bits per heavy atom. The third-order valence-electron chi connectivity index (χ3n) is 4.01.